The van der Waals surface area contributed by atoms with Crippen LogP contribution in [0, 0.1) is 17.8 Å². The fraction of sp³-hybridized carbons (Fsp3) is 0.471. The zero-order chi connectivity index (χ0) is 14.0. The molecule has 1 aliphatic rings. The van der Waals surface area contributed by atoms with Crippen molar-refractivity contribution in [1.82, 2.24) is 0 Å². The molecule has 0 radical (unpaired) electrons. The number of rotatable bonds is 2. The predicted octanol–water partition coefficient (Wildman–Crippen LogP) is 5.10. The lowest BCUT2D eigenvalue weighted by Gasteiger charge is -2.30. The summed E-state index contributed by atoms with van der Waals surface area (Å²) in [6, 6.07) is 8.14. The van der Waals surface area contributed by atoms with E-state index in [1.54, 1.807) is 0 Å². The van der Waals surface area contributed by atoms with Gasteiger partial charge in [0.1, 0.15) is 0 Å². The van der Waals surface area contributed by atoms with E-state index in [0.717, 1.165) is 28.5 Å². The first kappa shape index (κ1) is 14.5. The molecule has 0 N–H and O–H groups in total. The van der Waals surface area contributed by atoms with E-state index in [2.05, 4.69) is 54.9 Å². The number of benzene rings is 1. The molecule has 0 spiro atoms. The van der Waals surface area contributed by atoms with Crippen molar-refractivity contribution in [3.8, 4) is 0 Å². The van der Waals surface area contributed by atoms with Crippen LogP contribution in [0.2, 0.25) is 0 Å². The minimum Gasteiger partial charge on any atom is -0.294 e. The Bertz CT molecular complexity index is 484. The summed E-state index contributed by atoms with van der Waals surface area (Å²) < 4.78 is 1.07. The Labute approximate surface area is 124 Å². The number of Topliss-reactive ketones (excluding diaryl/α,β-unsaturated/α-hetero) is 1. The van der Waals surface area contributed by atoms with Crippen LogP contribution in [-0.2, 0) is 4.79 Å². The van der Waals surface area contributed by atoms with E-state index < -0.39 is 0 Å². The van der Waals surface area contributed by atoms with Crippen molar-refractivity contribution in [2.24, 2.45) is 17.8 Å². The van der Waals surface area contributed by atoms with Gasteiger partial charge in [0.2, 0.25) is 0 Å². The van der Waals surface area contributed by atoms with E-state index in [-0.39, 0.29) is 5.92 Å². The fourth-order valence-corrected chi connectivity index (χ4v) is 3.03. The van der Waals surface area contributed by atoms with Crippen LogP contribution in [0.15, 0.2) is 34.3 Å². The molecule has 1 aromatic carbocycles. The van der Waals surface area contributed by atoms with Crippen molar-refractivity contribution in [2.75, 3.05) is 0 Å². The van der Waals surface area contributed by atoms with Crippen LogP contribution in [0.3, 0.4) is 0 Å². The predicted molar refractivity (Wildman–Crippen MR) is 83.9 cm³/mol. The molecule has 0 aromatic heterocycles. The maximum Gasteiger partial charge on any atom is 0.162 e. The average molecular weight is 321 g/mol. The summed E-state index contributed by atoms with van der Waals surface area (Å²) in [7, 11) is 0. The fourth-order valence-electron chi connectivity index (χ4n) is 2.76. The van der Waals surface area contributed by atoms with Crippen LogP contribution in [0.25, 0.3) is 6.08 Å². The second kappa shape index (κ2) is 6.04. The Balaban J connectivity index is 2.29. The van der Waals surface area contributed by atoms with Crippen LogP contribution in [0.1, 0.15) is 39.2 Å². The first-order valence-corrected chi connectivity index (χ1v) is 7.79. The second-order valence-corrected chi connectivity index (χ2v) is 6.76. The van der Waals surface area contributed by atoms with Gasteiger partial charge in [-0.15, -0.1) is 0 Å². The van der Waals surface area contributed by atoms with Crippen molar-refractivity contribution in [3.05, 3.63) is 39.9 Å². The van der Waals surface area contributed by atoms with Crippen LogP contribution in [0.5, 0.6) is 0 Å². The molecule has 2 atom stereocenters. The first-order valence-electron chi connectivity index (χ1n) is 7.00. The van der Waals surface area contributed by atoms with Gasteiger partial charge in [-0.25, -0.2) is 0 Å². The summed E-state index contributed by atoms with van der Waals surface area (Å²) in [6.45, 7) is 6.46. The van der Waals surface area contributed by atoms with Crippen molar-refractivity contribution < 1.29 is 4.79 Å². The largest absolute Gasteiger partial charge is 0.294 e. The lowest BCUT2D eigenvalue weighted by Crippen LogP contribution is -2.30. The number of halogens is 1. The summed E-state index contributed by atoms with van der Waals surface area (Å²) in [6.07, 6.45) is 4.24. The molecule has 1 aliphatic carbocycles. The molecule has 1 nitrogen and oxygen atoms in total. The van der Waals surface area contributed by atoms with Gasteiger partial charge in [-0.05, 0) is 54.0 Å². The van der Waals surface area contributed by atoms with Crippen LogP contribution in [-0.4, -0.2) is 5.78 Å². The Hall–Kier alpha value is -0.890. The van der Waals surface area contributed by atoms with Gasteiger partial charge >= 0.3 is 0 Å². The molecule has 1 aromatic rings. The quantitative estimate of drug-likeness (QED) is 0.692. The van der Waals surface area contributed by atoms with Crippen LogP contribution in [0.4, 0.5) is 0 Å². The van der Waals surface area contributed by atoms with Gasteiger partial charge in [-0.2, -0.15) is 0 Å². The summed E-state index contributed by atoms with van der Waals surface area (Å²) in [5, 5.41) is 0. The van der Waals surface area contributed by atoms with E-state index in [9.17, 15) is 4.79 Å². The van der Waals surface area contributed by atoms with E-state index in [0.29, 0.717) is 17.6 Å². The number of carbonyl (C=O) groups excluding carboxylic acids is 1. The van der Waals surface area contributed by atoms with Gasteiger partial charge in [-0.3, -0.25) is 4.79 Å². The zero-order valence-corrected chi connectivity index (χ0v) is 13.4. The molecule has 0 heterocycles. The minimum atomic E-state index is 0.206. The summed E-state index contributed by atoms with van der Waals surface area (Å²) in [4.78, 5) is 12.6. The molecule has 1 fully saturated rings. The summed E-state index contributed by atoms with van der Waals surface area (Å²) in [5.74, 6) is 1.38. The number of ketones is 1. The molecule has 102 valence electrons. The Morgan fingerprint density at radius 2 is 1.84 bits per heavy atom. The number of carbonyl (C=O) groups is 1. The third-order valence-electron chi connectivity index (χ3n) is 4.06. The number of hydrogen-bond donors (Lipinski definition) is 0. The van der Waals surface area contributed by atoms with Gasteiger partial charge < -0.3 is 0 Å². The number of hydrogen-bond acceptors (Lipinski definition) is 1. The smallest absolute Gasteiger partial charge is 0.162 e. The van der Waals surface area contributed by atoms with Gasteiger partial charge in [0.05, 0.1) is 0 Å². The molecule has 0 bridgehead atoms. The third-order valence-corrected chi connectivity index (χ3v) is 4.59. The molecule has 0 saturated heterocycles. The highest BCUT2D eigenvalue weighted by Gasteiger charge is 2.32. The van der Waals surface area contributed by atoms with Gasteiger partial charge in [0, 0.05) is 10.4 Å². The topological polar surface area (TPSA) is 17.1 Å². The van der Waals surface area contributed by atoms with Crippen LogP contribution >= 0.6 is 15.9 Å². The lowest BCUT2D eigenvalue weighted by atomic mass is 9.73. The molecule has 0 amide bonds. The van der Waals surface area contributed by atoms with Gasteiger partial charge in [0.15, 0.2) is 5.78 Å². The van der Waals surface area contributed by atoms with Gasteiger partial charge in [0.25, 0.3) is 0 Å². The molecule has 1 saturated carbocycles. The SMILES string of the molecule is CC(C)[C@H]1CC[C@H](C)/C(=C\c2ccc(Br)cc2)C1=O. The van der Waals surface area contributed by atoms with E-state index in [1.165, 1.54) is 0 Å². The van der Waals surface area contributed by atoms with E-state index in [1.807, 2.05) is 12.1 Å². The average Bonchev–Trinajstić information content (AvgIpc) is 2.36. The number of allylic oxidation sites excluding steroid dienone is 1. The highest BCUT2D eigenvalue weighted by atomic mass is 79.9. The molecule has 19 heavy (non-hydrogen) atoms. The summed E-state index contributed by atoms with van der Waals surface area (Å²) >= 11 is 3.44. The Morgan fingerprint density at radius 3 is 2.42 bits per heavy atom. The van der Waals surface area contributed by atoms with Crippen molar-refractivity contribution >= 4 is 27.8 Å². The lowest BCUT2D eigenvalue weighted by molar-refractivity contribution is -0.122. The molecule has 0 unspecified atom stereocenters. The standard InChI is InChI=1S/C17H21BrO/c1-11(2)15-9-4-12(3)16(17(15)19)10-13-5-7-14(18)8-6-13/h5-8,10-12,15H,4,9H2,1-3H3/b16-10+/t12-,15+/m0/s1. The maximum absolute atomic E-state index is 12.6. The Morgan fingerprint density at radius 1 is 1.21 bits per heavy atom. The highest BCUT2D eigenvalue weighted by Crippen LogP contribution is 2.35. The van der Waals surface area contributed by atoms with Gasteiger partial charge in [-0.1, -0.05) is 48.8 Å². The molecule has 2 rings (SSSR count). The summed E-state index contributed by atoms with van der Waals surface area (Å²) in [5.41, 5.74) is 2.12. The minimum absolute atomic E-state index is 0.206. The monoisotopic (exact) mass is 320 g/mol. The molecular weight excluding hydrogens is 300 g/mol. The van der Waals surface area contributed by atoms with E-state index >= 15 is 0 Å². The normalized spacial score (nSPS) is 26.2. The second-order valence-electron chi connectivity index (χ2n) is 5.84. The first-order chi connectivity index (χ1) is 8.99. The zero-order valence-electron chi connectivity index (χ0n) is 11.8. The Kier molecular flexibility index (Phi) is 4.62. The van der Waals surface area contributed by atoms with Crippen molar-refractivity contribution in [3.63, 3.8) is 0 Å². The van der Waals surface area contributed by atoms with Crippen molar-refractivity contribution in [2.45, 2.75) is 33.6 Å². The highest BCUT2D eigenvalue weighted by molar-refractivity contribution is 9.10. The maximum atomic E-state index is 12.6. The molecular formula is C17H21BrO. The van der Waals surface area contributed by atoms with E-state index in [4.69, 9.17) is 0 Å². The molecule has 0 aliphatic heterocycles. The van der Waals surface area contributed by atoms with Crippen LogP contribution < -0.4 is 0 Å². The third kappa shape index (κ3) is 3.36. The van der Waals surface area contributed by atoms with Crippen molar-refractivity contribution in [1.29, 1.82) is 0 Å². The molecule has 2 heteroatoms.